The van der Waals surface area contributed by atoms with Crippen molar-refractivity contribution in [2.45, 2.75) is 65.1 Å². The Kier molecular flexibility index (Phi) is 4.65. The molecule has 0 fully saturated rings. The van der Waals surface area contributed by atoms with Crippen molar-refractivity contribution in [3.8, 4) is 0 Å². The lowest BCUT2D eigenvalue weighted by molar-refractivity contribution is 0.577. The minimum Gasteiger partial charge on any atom is -0.381 e. The Balaban J connectivity index is 2.65. The molecule has 1 rings (SSSR count). The highest BCUT2D eigenvalue weighted by molar-refractivity contribution is 6.78. The van der Waals surface area contributed by atoms with Crippen LogP contribution in [0.2, 0.25) is 18.1 Å². The first-order valence-corrected chi connectivity index (χ1v) is 9.89. The second-order valence-corrected chi connectivity index (χ2v) is 11.8. The van der Waals surface area contributed by atoms with Crippen LogP contribution in [0.25, 0.3) is 0 Å². The number of nitrogens with zero attached hydrogens (tertiary/aromatic N) is 1. The van der Waals surface area contributed by atoms with E-state index in [1.54, 1.807) is 0 Å². The maximum atomic E-state index is 2.50. The topological polar surface area (TPSA) is 3.24 Å². The van der Waals surface area contributed by atoms with Crippen molar-refractivity contribution < 1.29 is 0 Å². The lowest BCUT2D eigenvalue weighted by Gasteiger charge is -2.44. The zero-order valence-electron chi connectivity index (χ0n) is 12.5. The van der Waals surface area contributed by atoms with Crippen molar-refractivity contribution in [1.82, 2.24) is 4.57 Å². The minimum absolute atomic E-state index is 0.401. The normalized spacial score (nSPS) is 17.9. The first-order chi connectivity index (χ1) is 7.79. The molecule has 0 atom stereocenters. The highest BCUT2D eigenvalue weighted by Crippen LogP contribution is 2.39. The van der Waals surface area contributed by atoms with Gasteiger partial charge >= 0.3 is 0 Å². The van der Waals surface area contributed by atoms with Crippen LogP contribution in [0.15, 0.2) is 24.6 Å². The van der Waals surface area contributed by atoms with Crippen molar-refractivity contribution in [2.24, 2.45) is 5.92 Å². The molecule has 0 N–H and O–H groups in total. The van der Waals surface area contributed by atoms with Gasteiger partial charge in [0.05, 0.1) is 0 Å². The summed E-state index contributed by atoms with van der Waals surface area (Å²) in [6, 6.07) is 0. The molecule has 0 saturated carbocycles. The Morgan fingerprint density at radius 2 is 1.65 bits per heavy atom. The molecule has 1 heterocycles. The molecule has 98 valence electrons. The molecule has 0 bridgehead atoms. The lowest BCUT2D eigenvalue weighted by Crippen LogP contribution is -2.50. The Morgan fingerprint density at radius 1 is 1.12 bits per heavy atom. The second kappa shape index (κ2) is 5.43. The summed E-state index contributed by atoms with van der Waals surface area (Å²) in [7, 11) is -1.41. The molecular formula is C15H29NSi. The summed E-state index contributed by atoms with van der Waals surface area (Å²) in [5.41, 5.74) is 0. The molecule has 0 radical (unpaired) electrons. The number of hydrogen-bond donors (Lipinski definition) is 0. The third-order valence-corrected chi connectivity index (χ3v) is 9.62. The van der Waals surface area contributed by atoms with E-state index in [0.29, 0.717) is 11.0 Å². The Morgan fingerprint density at radius 3 is 2.06 bits per heavy atom. The van der Waals surface area contributed by atoms with E-state index < -0.39 is 8.24 Å². The van der Waals surface area contributed by atoms with Crippen LogP contribution in [0.3, 0.4) is 0 Å². The number of rotatable bonds is 4. The molecule has 1 aliphatic heterocycles. The van der Waals surface area contributed by atoms with Gasteiger partial charge in [0, 0.05) is 0 Å². The van der Waals surface area contributed by atoms with Crippen molar-refractivity contribution in [3.63, 3.8) is 0 Å². The van der Waals surface area contributed by atoms with E-state index in [2.05, 4.69) is 69.9 Å². The Labute approximate surface area is 109 Å². The van der Waals surface area contributed by atoms with Crippen molar-refractivity contribution in [2.75, 3.05) is 0 Å². The minimum atomic E-state index is -1.41. The fourth-order valence-corrected chi connectivity index (χ4v) is 3.60. The summed E-state index contributed by atoms with van der Waals surface area (Å²) in [6.45, 7) is 14.3. The van der Waals surface area contributed by atoms with Crippen LogP contribution in [-0.4, -0.2) is 12.8 Å². The van der Waals surface area contributed by atoms with Gasteiger partial charge in [-0.15, -0.1) is 0 Å². The number of allylic oxidation sites excluding steroid dienone is 2. The third kappa shape index (κ3) is 3.48. The highest BCUT2D eigenvalue weighted by atomic mass is 28.3. The zero-order chi connectivity index (χ0) is 13.1. The van der Waals surface area contributed by atoms with Gasteiger partial charge in [0.2, 0.25) is 0 Å². The fourth-order valence-electron chi connectivity index (χ4n) is 1.91. The van der Waals surface area contributed by atoms with Gasteiger partial charge in [-0.05, 0) is 29.8 Å². The van der Waals surface area contributed by atoms with Gasteiger partial charge in [-0.1, -0.05) is 65.8 Å². The smallest absolute Gasteiger partial charge is 0.160 e. The van der Waals surface area contributed by atoms with E-state index in [4.69, 9.17) is 0 Å². The molecule has 0 amide bonds. The first kappa shape index (κ1) is 14.6. The standard InChI is InChI=1S/C15H29NSi/c1-7-8-9-14-10-12-16(13-11-14)17(5,6)15(2,3)4/h10-14H,7-9H2,1-6H3. The van der Waals surface area contributed by atoms with Gasteiger partial charge in [0.25, 0.3) is 0 Å². The molecule has 0 aliphatic carbocycles. The van der Waals surface area contributed by atoms with E-state index in [1.807, 2.05) is 0 Å². The number of hydrogen-bond acceptors (Lipinski definition) is 1. The molecule has 0 aromatic heterocycles. The maximum Gasteiger partial charge on any atom is 0.160 e. The molecule has 0 unspecified atom stereocenters. The average molecular weight is 251 g/mol. The van der Waals surface area contributed by atoms with Crippen LogP contribution in [0.1, 0.15) is 47.0 Å². The summed E-state index contributed by atoms with van der Waals surface area (Å²) < 4.78 is 2.50. The second-order valence-electron chi connectivity index (χ2n) is 6.71. The van der Waals surface area contributed by atoms with Crippen molar-refractivity contribution in [1.29, 1.82) is 0 Å². The molecule has 1 aliphatic rings. The van der Waals surface area contributed by atoms with Gasteiger partial charge in [0.1, 0.15) is 0 Å². The molecule has 17 heavy (non-hydrogen) atoms. The Hall–Kier alpha value is -0.503. The Bertz CT molecular complexity index is 283. The number of unbranched alkanes of at least 4 members (excludes halogenated alkanes) is 1. The lowest BCUT2D eigenvalue weighted by atomic mass is 10.0. The van der Waals surface area contributed by atoms with Gasteiger partial charge in [-0.2, -0.15) is 0 Å². The van der Waals surface area contributed by atoms with E-state index >= 15 is 0 Å². The van der Waals surface area contributed by atoms with E-state index in [-0.39, 0.29) is 0 Å². The summed E-state index contributed by atoms with van der Waals surface area (Å²) in [6.07, 6.45) is 13.4. The predicted molar refractivity (Wildman–Crippen MR) is 80.3 cm³/mol. The monoisotopic (exact) mass is 251 g/mol. The van der Waals surface area contributed by atoms with Gasteiger partial charge in [0.15, 0.2) is 8.24 Å². The van der Waals surface area contributed by atoms with Gasteiger partial charge < -0.3 is 4.57 Å². The van der Waals surface area contributed by atoms with Crippen LogP contribution >= 0.6 is 0 Å². The van der Waals surface area contributed by atoms with Crippen LogP contribution in [0.5, 0.6) is 0 Å². The van der Waals surface area contributed by atoms with Gasteiger partial charge in [-0.3, -0.25) is 0 Å². The van der Waals surface area contributed by atoms with Crippen LogP contribution in [-0.2, 0) is 0 Å². The first-order valence-electron chi connectivity index (χ1n) is 6.94. The largest absolute Gasteiger partial charge is 0.381 e. The van der Waals surface area contributed by atoms with Crippen molar-refractivity contribution in [3.05, 3.63) is 24.6 Å². The SMILES string of the molecule is CCCCC1C=CN([Si](C)(C)C(C)(C)C)C=C1. The van der Waals surface area contributed by atoms with Crippen molar-refractivity contribution >= 4 is 8.24 Å². The molecule has 0 aromatic rings. The van der Waals surface area contributed by atoms with E-state index in [1.165, 1.54) is 19.3 Å². The molecule has 0 spiro atoms. The summed E-state index contributed by atoms with van der Waals surface area (Å²) in [5, 5.41) is 0.401. The van der Waals surface area contributed by atoms with E-state index in [0.717, 1.165) is 0 Å². The zero-order valence-corrected chi connectivity index (χ0v) is 13.5. The fraction of sp³-hybridized carbons (Fsp3) is 0.733. The molecule has 1 nitrogen and oxygen atoms in total. The molecular weight excluding hydrogens is 222 g/mol. The van der Waals surface area contributed by atoms with Crippen LogP contribution < -0.4 is 0 Å². The highest BCUT2D eigenvalue weighted by Gasteiger charge is 2.39. The molecule has 0 saturated heterocycles. The van der Waals surface area contributed by atoms with Crippen LogP contribution in [0, 0.1) is 5.92 Å². The maximum absolute atomic E-state index is 2.50. The van der Waals surface area contributed by atoms with Crippen LogP contribution in [0.4, 0.5) is 0 Å². The quantitative estimate of drug-likeness (QED) is 0.625. The molecule has 2 heteroatoms. The summed E-state index contributed by atoms with van der Waals surface area (Å²) >= 11 is 0. The summed E-state index contributed by atoms with van der Waals surface area (Å²) in [5.74, 6) is 0.663. The predicted octanol–water partition coefficient (Wildman–Crippen LogP) is 5.14. The van der Waals surface area contributed by atoms with E-state index in [9.17, 15) is 0 Å². The van der Waals surface area contributed by atoms with Gasteiger partial charge in [-0.25, -0.2) is 0 Å². The summed E-state index contributed by atoms with van der Waals surface area (Å²) in [4.78, 5) is 0. The molecule has 0 aromatic carbocycles. The average Bonchev–Trinajstić information content (AvgIpc) is 2.25. The third-order valence-electron chi connectivity index (χ3n) is 4.36.